The second-order valence-corrected chi connectivity index (χ2v) is 8.86. The number of amides is 1. The van der Waals surface area contributed by atoms with Crippen LogP contribution in [0.15, 0.2) is 16.7 Å². The zero-order chi connectivity index (χ0) is 20.6. The summed E-state index contributed by atoms with van der Waals surface area (Å²) in [4.78, 5) is 18.5. The highest BCUT2D eigenvalue weighted by Gasteiger charge is 2.39. The molecule has 9 heteroatoms. The van der Waals surface area contributed by atoms with Crippen molar-refractivity contribution in [3.8, 4) is 10.6 Å². The first kappa shape index (κ1) is 20.4. The Morgan fingerprint density at radius 3 is 2.69 bits per heavy atom. The summed E-state index contributed by atoms with van der Waals surface area (Å²) >= 11 is 1.17. The van der Waals surface area contributed by atoms with Crippen molar-refractivity contribution < 1.29 is 22.5 Å². The van der Waals surface area contributed by atoms with Crippen molar-refractivity contribution in [2.24, 2.45) is 0 Å². The van der Waals surface area contributed by atoms with Crippen LogP contribution in [0.4, 0.5) is 13.2 Å². The fourth-order valence-corrected chi connectivity index (χ4v) is 5.29. The van der Waals surface area contributed by atoms with E-state index in [2.05, 4.69) is 14.6 Å². The lowest BCUT2D eigenvalue weighted by atomic mass is 10.1. The lowest BCUT2D eigenvalue weighted by molar-refractivity contribution is -0.156. The molecule has 2 aromatic rings. The Balaban J connectivity index is 1.46. The van der Waals surface area contributed by atoms with E-state index < -0.39 is 11.9 Å². The van der Waals surface area contributed by atoms with E-state index >= 15 is 0 Å². The average Bonchev–Trinajstić information content (AvgIpc) is 3.43. The van der Waals surface area contributed by atoms with Gasteiger partial charge in [0.15, 0.2) is 0 Å². The number of likely N-dealkylation sites (tertiary alicyclic amines) is 2. The van der Waals surface area contributed by atoms with Crippen LogP contribution < -0.4 is 0 Å². The molecule has 2 fully saturated rings. The fraction of sp³-hybridized carbons (Fsp3) is 0.600. The fourth-order valence-electron chi connectivity index (χ4n) is 4.29. The minimum absolute atomic E-state index is 0.0395. The monoisotopic (exact) mass is 427 g/mol. The van der Waals surface area contributed by atoms with Gasteiger partial charge in [0, 0.05) is 24.7 Å². The first-order valence-electron chi connectivity index (χ1n) is 10.0. The summed E-state index contributed by atoms with van der Waals surface area (Å²) in [6, 6.07) is 3.57. The quantitative estimate of drug-likeness (QED) is 0.687. The van der Waals surface area contributed by atoms with Crippen molar-refractivity contribution in [3.05, 3.63) is 28.3 Å². The molecule has 0 N–H and O–H groups in total. The van der Waals surface area contributed by atoms with Crippen LogP contribution in [0.1, 0.15) is 53.1 Å². The van der Waals surface area contributed by atoms with Crippen LogP contribution in [-0.2, 0) is 6.18 Å². The van der Waals surface area contributed by atoms with E-state index in [0.29, 0.717) is 9.75 Å². The van der Waals surface area contributed by atoms with Gasteiger partial charge in [-0.25, -0.2) is 0 Å². The van der Waals surface area contributed by atoms with Gasteiger partial charge in [0.25, 0.3) is 5.91 Å². The maximum atomic E-state index is 13.0. The van der Waals surface area contributed by atoms with Gasteiger partial charge in [-0.05, 0) is 64.3 Å². The number of carbonyl (C=O) groups excluding carboxylic acids is 1. The van der Waals surface area contributed by atoms with Gasteiger partial charge >= 0.3 is 6.18 Å². The van der Waals surface area contributed by atoms with Gasteiger partial charge in [-0.1, -0.05) is 5.16 Å². The van der Waals surface area contributed by atoms with Gasteiger partial charge in [-0.15, -0.1) is 11.3 Å². The molecule has 2 saturated heterocycles. The molecule has 2 aliphatic heterocycles. The van der Waals surface area contributed by atoms with Gasteiger partial charge < -0.3 is 14.3 Å². The molecule has 0 bridgehead atoms. The topological polar surface area (TPSA) is 49.6 Å². The highest BCUT2D eigenvalue weighted by Crippen LogP contribution is 2.38. The minimum Gasteiger partial charge on any atom is -0.351 e. The highest BCUT2D eigenvalue weighted by atomic mass is 32.1. The van der Waals surface area contributed by atoms with E-state index in [1.807, 2.05) is 4.90 Å². The van der Waals surface area contributed by atoms with Crippen LogP contribution in [0.25, 0.3) is 10.6 Å². The number of hydrogen-bond donors (Lipinski definition) is 0. The third-order valence-electron chi connectivity index (χ3n) is 5.85. The third kappa shape index (κ3) is 4.21. The van der Waals surface area contributed by atoms with E-state index in [1.165, 1.54) is 31.1 Å². The Labute approximate surface area is 171 Å². The molecular weight excluding hydrogens is 403 g/mol. The summed E-state index contributed by atoms with van der Waals surface area (Å²) < 4.78 is 43.4. The smallest absolute Gasteiger partial charge is 0.351 e. The molecule has 4 rings (SSSR count). The van der Waals surface area contributed by atoms with Crippen LogP contribution in [0.5, 0.6) is 0 Å². The number of nitrogens with zero attached hydrogens (tertiary/aromatic N) is 3. The van der Waals surface area contributed by atoms with Crippen LogP contribution in [0.3, 0.4) is 0 Å². The molecule has 2 aliphatic rings. The van der Waals surface area contributed by atoms with Crippen molar-refractivity contribution in [2.75, 3.05) is 26.2 Å². The maximum Gasteiger partial charge on any atom is 0.452 e. The highest BCUT2D eigenvalue weighted by molar-refractivity contribution is 7.17. The molecule has 1 amide bonds. The van der Waals surface area contributed by atoms with Crippen LogP contribution in [0.2, 0.25) is 0 Å². The van der Waals surface area contributed by atoms with E-state index in [1.54, 1.807) is 12.1 Å². The minimum atomic E-state index is -4.58. The van der Waals surface area contributed by atoms with Gasteiger partial charge in [-0.2, -0.15) is 13.2 Å². The lowest BCUT2D eigenvalue weighted by Gasteiger charge is -2.26. The molecule has 0 aromatic carbocycles. The van der Waals surface area contributed by atoms with Crippen molar-refractivity contribution in [2.45, 2.75) is 51.2 Å². The van der Waals surface area contributed by atoms with Gasteiger partial charge in [0.2, 0.25) is 5.76 Å². The van der Waals surface area contributed by atoms with Crippen molar-refractivity contribution >= 4 is 17.2 Å². The summed E-state index contributed by atoms with van der Waals surface area (Å²) in [5.41, 5.74) is 0.0939. The number of hydrogen-bond acceptors (Lipinski definition) is 5. The van der Waals surface area contributed by atoms with Crippen LogP contribution >= 0.6 is 11.3 Å². The molecular formula is C20H24F3N3O2S. The summed E-state index contributed by atoms with van der Waals surface area (Å²) in [5.74, 6) is -1.13. The molecule has 5 nitrogen and oxygen atoms in total. The Morgan fingerprint density at radius 1 is 1.24 bits per heavy atom. The number of alkyl halides is 3. The van der Waals surface area contributed by atoms with Crippen molar-refractivity contribution in [1.29, 1.82) is 0 Å². The Bertz CT molecular complexity index is 871. The van der Waals surface area contributed by atoms with E-state index in [9.17, 15) is 18.0 Å². The molecule has 0 saturated carbocycles. The van der Waals surface area contributed by atoms with Crippen LogP contribution in [-0.4, -0.2) is 53.1 Å². The Hall–Kier alpha value is -1.87. The molecule has 0 unspecified atom stereocenters. The van der Waals surface area contributed by atoms with Gasteiger partial charge in [-0.3, -0.25) is 4.79 Å². The second-order valence-electron chi connectivity index (χ2n) is 7.78. The number of carbonyl (C=O) groups is 1. The summed E-state index contributed by atoms with van der Waals surface area (Å²) in [7, 11) is 0. The number of aromatic nitrogens is 1. The normalized spacial score (nSPS) is 20.7. The van der Waals surface area contributed by atoms with Gasteiger partial charge in [0.1, 0.15) is 5.69 Å². The summed E-state index contributed by atoms with van der Waals surface area (Å²) in [6.07, 6.45) is 0.900. The van der Waals surface area contributed by atoms with Crippen molar-refractivity contribution in [1.82, 2.24) is 15.0 Å². The molecule has 0 aliphatic carbocycles. The second kappa shape index (κ2) is 8.10. The molecule has 0 radical (unpaired) electrons. The van der Waals surface area contributed by atoms with Crippen LogP contribution in [0, 0.1) is 6.92 Å². The molecule has 1 atom stereocenters. The summed E-state index contributed by atoms with van der Waals surface area (Å²) in [6.45, 7) is 5.38. The molecule has 2 aromatic heterocycles. The number of halogens is 3. The number of rotatable bonds is 5. The standard InChI is InChI=1S/C20H24F3N3O2S/c1-13-17(24-28-18(13)20(21,22)23)15-6-7-16(29-15)19(27)26-11-4-5-14(26)8-12-25-9-2-3-10-25/h6-7,14H,2-5,8-12H2,1H3/t14-/m0/s1. The van der Waals surface area contributed by atoms with Crippen molar-refractivity contribution in [3.63, 3.8) is 0 Å². The molecule has 158 valence electrons. The Morgan fingerprint density at radius 2 is 2.00 bits per heavy atom. The first-order chi connectivity index (χ1) is 13.8. The maximum absolute atomic E-state index is 13.0. The predicted molar refractivity (Wildman–Crippen MR) is 104 cm³/mol. The molecule has 4 heterocycles. The first-order valence-corrected chi connectivity index (χ1v) is 10.8. The van der Waals surface area contributed by atoms with E-state index in [0.717, 1.165) is 45.4 Å². The third-order valence-corrected chi connectivity index (χ3v) is 6.93. The Kier molecular flexibility index (Phi) is 5.70. The summed E-state index contributed by atoms with van der Waals surface area (Å²) in [5, 5.41) is 3.60. The predicted octanol–water partition coefficient (Wildman–Crippen LogP) is 4.82. The lowest BCUT2D eigenvalue weighted by Crippen LogP contribution is -2.37. The average molecular weight is 427 g/mol. The van der Waals surface area contributed by atoms with E-state index in [4.69, 9.17) is 0 Å². The van der Waals surface area contributed by atoms with Gasteiger partial charge in [0.05, 0.1) is 9.75 Å². The van der Waals surface area contributed by atoms with E-state index in [-0.39, 0.29) is 23.2 Å². The molecule has 29 heavy (non-hydrogen) atoms. The largest absolute Gasteiger partial charge is 0.452 e. The zero-order valence-corrected chi connectivity index (χ0v) is 17.1. The zero-order valence-electron chi connectivity index (χ0n) is 16.3. The SMILES string of the molecule is Cc1c(-c2ccc(C(=O)N3CCC[C@H]3CCN3CCCC3)s2)noc1C(F)(F)F. The molecule has 0 spiro atoms. The number of thiophene rings is 1.